The number of ether oxygens (including phenoxy) is 1. The number of rotatable bonds is 6. The molecule has 1 unspecified atom stereocenters. The predicted molar refractivity (Wildman–Crippen MR) is 81.1 cm³/mol. The molecule has 0 amide bonds. The van der Waals surface area contributed by atoms with E-state index in [1.807, 2.05) is 0 Å². The van der Waals surface area contributed by atoms with Crippen LogP contribution in [-0.4, -0.2) is 26.0 Å². The van der Waals surface area contributed by atoms with E-state index in [2.05, 4.69) is 12.2 Å². The first kappa shape index (κ1) is 16.0. The highest BCUT2D eigenvalue weighted by Gasteiger charge is 2.38. The summed E-state index contributed by atoms with van der Waals surface area (Å²) < 4.78 is 19.2. The average Bonchev–Trinajstić information content (AvgIpc) is 2.50. The molecule has 1 aromatic rings. The lowest BCUT2D eigenvalue weighted by Crippen LogP contribution is -2.46. The van der Waals surface area contributed by atoms with E-state index < -0.39 is 5.82 Å². The van der Waals surface area contributed by atoms with Crippen LogP contribution in [0.15, 0.2) is 18.2 Å². The molecule has 0 saturated carbocycles. The summed E-state index contributed by atoms with van der Waals surface area (Å²) in [5, 5.41) is 3.33. The van der Waals surface area contributed by atoms with Gasteiger partial charge in [-0.1, -0.05) is 25.5 Å². The Balaban J connectivity index is 2.19. The molecule has 1 atom stereocenters. The van der Waals surface area contributed by atoms with Gasteiger partial charge in [0.15, 0.2) is 11.6 Å². The quantitative estimate of drug-likeness (QED) is 0.876. The molecule has 1 heterocycles. The molecule has 4 heteroatoms. The molecule has 0 aliphatic carbocycles. The maximum absolute atomic E-state index is 14.2. The number of nitrogens with one attached hydrogen (secondary N) is 1. The van der Waals surface area contributed by atoms with Gasteiger partial charge in [0.1, 0.15) is 5.78 Å². The van der Waals surface area contributed by atoms with Crippen LogP contribution in [-0.2, 0) is 11.2 Å². The number of ketones is 1. The zero-order valence-electron chi connectivity index (χ0n) is 12.9. The second-order valence-electron chi connectivity index (χ2n) is 5.84. The van der Waals surface area contributed by atoms with Crippen molar-refractivity contribution in [3.8, 4) is 5.75 Å². The molecule has 1 aromatic carbocycles. The third-order valence-electron chi connectivity index (χ3n) is 4.41. The molecule has 0 bridgehead atoms. The highest BCUT2D eigenvalue weighted by molar-refractivity contribution is 5.87. The van der Waals surface area contributed by atoms with Crippen LogP contribution in [0.1, 0.15) is 38.2 Å². The van der Waals surface area contributed by atoms with Gasteiger partial charge in [-0.2, -0.15) is 0 Å². The van der Waals surface area contributed by atoms with Gasteiger partial charge in [0, 0.05) is 18.4 Å². The third-order valence-corrected chi connectivity index (χ3v) is 4.41. The minimum absolute atomic E-state index is 0.142. The van der Waals surface area contributed by atoms with Crippen molar-refractivity contribution < 1.29 is 13.9 Å². The summed E-state index contributed by atoms with van der Waals surface area (Å²) in [6, 6.07) is 4.98. The number of methoxy groups -OCH3 is 1. The number of piperidine rings is 1. The van der Waals surface area contributed by atoms with E-state index >= 15 is 0 Å². The molecule has 1 aliphatic heterocycles. The Morgan fingerprint density at radius 2 is 2.29 bits per heavy atom. The van der Waals surface area contributed by atoms with Crippen molar-refractivity contribution in [2.75, 3.05) is 20.2 Å². The molecule has 1 fully saturated rings. The summed E-state index contributed by atoms with van der Waals surface area (Å²) >= 11 is 0. The van der Waals surface area contributed by atoms with Gasteiger partial charge in [-0.05, 0) is 37.4 Å². The van der Waals surface area contributed by atoms with E-state index in [9.17, 15) is 9.18 Å². The fourth-order valence-corrected chi connectivity index (χ4v) is 3.25. The van der Waals surface area contributed by atoms with E-state index in [0.717, 1.165) is 32.2 Å². The van der Waals surface area contributed by atoms with E-state index in [4.69, 9.17) is 4.74 Å². The van der Waals surface area contributed by atoms with Crippen LogP contribution >= 0.6 is 0 Å². The van der Waals surface area contributed by atoms with Gasteiger partial charge in [0.2, 0.25) is 0 Å². The molecule has 0 spiro atoms. The maximum atomic E-state index is 14.2. The van der Waals surface area contributed by atoms with Gasteiger partial charge in [-0.15, -0.1) is 0 Å². The number of Topliss-reactive ketones (excluding diaryl/α,β-unsaturated/α-hetero) is 1. The first-order chi connectivity index (χ1) is 10.1. The zero-order valence-corrected chi connectivity index (χ0v) is 12.9. The van der Waals surface area contributed by atoms with Gasteiger partial charge in [-0.3, -0.25) is 4.79 Å². The summed E-state index contributed by atoms with van der Waals surface area (Å²) in [4.78, 5) is 12.8. The first-order valence-electron chi connectivity index (χ1n) is 7.68. The SMILES string of the molecule is CCCC1(C(=O)Cc2cccc(OC)c2F)CCCNC1. The number of hydrogen-bond donors (Lipinski definition) is 1. The van der Waals surface area contributed by atoms with Crippen LogP contribution in [0.25, 0.3) is 0 Å². The van der Waals surface area contributed by atoms with Crippen molar-refractivity contribution in [1.29, 1.82) is 0 Å². The highest BCUT2D eigenvalue weighted by atomic mass is 19.1. The first-order valence-corrected chi connectivity index (χ1v) is 7.68. The third kappa shape index (κ3) is 3.43. The Morgan fingerprint density at radius 1 is 1.48 bits per heavy atom. The summed E-state index contributed by atoms with van der Waals surface area (Å²) in [6.07, 6.45) is 3.88. The summed E-state index contributed by atoms with van der Waals surface area (Å²) in [5.41, 5.74) is 0.100. The normalized spacial score (nSPS) is 22.0. The minimum Gasteiger partial charge on any atom is -0.494 e. The lowest BCUT2D eigenvalue weighted by atomic mass is 9.72. The lowest BCUT2D eigenvalue weighted by molar-refractivity contribution is -0.129. The van der Waals surface area contributed by atoms with Gasteiger partial charge in [0.05, 0.1) is 7.11 Å². The smallest absolute Gasteiger partial charge is 0.168 e. The molecule has 21 heavy (non-hydrogen) atoms. The van der Waals surface area contributed by atoms with Gasteiger partial charge >= 0.3 is 0 Å². The highest BCUT2D eigenvalue weighted by Crippen LogP contribution is 2.34. The molecule has 116 valence electrons. The molecule has 0 aromatic heterocycles. The number of hydrogen-bond acceptors (Lipinski definition) is 3. The molecular weight excluding hydrogens is 269 g/mol. The molecule has 1 saturated heterocycles. The Bertz CT molecular complexity index is 490. The van der Waals surface area contributed by atoms with Crippen molar-refractivity contribution in [1.82, 2.24) is 5.32 Å². The van der Waals surface area contributed by atoms with E-state index in [0.29, 0.717) is 12.1 Å². The lowest BCUT2D eigenvalue weighted by Gasteiger charge is -2.36. The zero-order chi connectivity index (χ0) is 15.3. The van der Waals surface area contributed by atoms with Crippen molar-refractivity contribution in [3.05, 3.63) is 29.6 Å². The Morgan fingerprint density at radius 3 is 2.90 bits per heavy atom. The van der Waals surface area contributed by atoms with Gasteiger partial charge in [-0.25, -0.2) is 4.39 Å². The Labute approximate surface area is 125 Å². The Hall–Kier alpha value is -1.42. The second kappa shape index (κ2) is 7.03. The van der Waals surface area contributed by atoms with Gasteiger partial charge in [0.25, 0.3) is 0 Å². The fraction of sp³-hybridized carbons (Fsp3) is 0.588. The van der Waals surface area contributed by atoms with E-state index in [1.54, 1.807) is 18.2 Å². The minimum atomic E-state index is -0.413. The van der Waals surface area contributed by atoms with Crippen molar-refractivity contribution in [2.24, 2.45) is 5.41 Å². The molecule has 1 N–H and O–H groups in total. The number of halogens is 1. The molecule has 3 nitrogen and oxygen atoms in total. The predicted octanol–water partition coefficient (Wildman–Crippen LogP) is 3.12. The van der Waals surface area contributed by atoms with Crippen LogP contribution < -0.4 is 10.1 Å². The second-order valence-corrected chi connectivity index (χ2v) is 5.84. The fourth-order valence-electron chi connectivity index (χ4n) is 3.25. The monoisotopic (exact) mass is 293 g/mol. The maximum Gasteiger partial charge on any atom is 0.168 e. The van der Waals surface area contributed by atoms with Crippen LogP contribution in [0.5, 0.6) is 5.75 Å². The topological polar surface area (TPSA) is 38.3 Å². The van der Waals surface area contributed by atoms with E-state index in [-0.39, 0.29) is 23.4 Å². The standard InChI is InChI=1S/C17H24FNO2/c1-3-8-17(9-5-10-19-12-17)15(20)11-13-6-4-7-14(21-2)16(13)18/h4,6-7,19H,3,5,8-12H2,1-2H3. The van der Waals surface area contributed by atoms with Crippen LogP contribution in [0.2, 0.25) is 0 Å². The molecular formula is C17H24FNO2. The number of carbonyl (C=O) groups excluding carboxylic acids is 1. The molecule has 0 radical (unpaired) electrons. The van der Waals surface area contributed by atoms with Crippen molar-refractivity contribution in [2.45, 2.75) is 39.0 Å². The summed E-state index contributed by atoms with van der Waals surface area (Å²) in [7, 11) is 1.44. The summed E-state index contributed by atoms with van der Waals surface area (Å²) in [5.74, 6) is -0.0703. The molecule has 2 rings (SSSR count). The van der Waals surface area contributed by atoms with E-state index in [1.165, 1.54) is 7.11 Å². The van der Waals surface area contributed by atoms with Crippen molar-refractivity contribution in [3.63, 3.8) is 0 Å². The molecule has 1 aliphatic rings. The van der Waals surface area contributed by atoms with Gasteiger partial charge < -0.3 is 10.1 Å². The summed E-state index contributed by atoms with van der Waals surface area (Å²) in [6.45, 7) is 3.77. The number of benzene rings is 1. The Kier molecular flexibility index (Phi) is 5.34. The van der Waals surface area contributed by atoms with Crippen LogP contribution in [0.3, 0.4) is 0 Å². The van der Waals surface area contributed by atoms with Crippen LogP contribution in [0.4, 0.5) is 4.39 Å². The largest absolute Gasteiger partial charge is 0.494 e. The van der Waals surface area contributed by atoms with Crippen LogP contribution in [0, 0.1) is 11.2 Å². The van der Waals surface area contributed by atoms with Crippen molar-refractivity contribution >= 4 is 5.78 Å². The average molecular weight is 293 g/mol. The number of carbonyl (C=O) groups is 1.